The monoisotopic (exact) mass is 239 g/mol. The minimum absolute atomic E-state index is 0.169. The molecule has 1 aliphatic rings. The lowest BCUT2D eigenvalue weighted by Gasteiger charge is -2.17. The first-order chi connectivity index (χ1) is 8.00. The van der Waals surface area contributed by atoms with Crippen LogP contribution in [0.5, 0.6) is 0 Å². The van der Waals surface area contributed by atoms with E-state index in [2.05, 4.69) is 5.32 Å². The lowest BCUT2D eigenvalue weighted by Crippen LogP contribution is -2.22. The summed E-state index contributed by atoms with van der Waals surface area (Å²) in [5.74, 6) is -3.08. The first kappa shape index (κ1) is 12.5. The topological polar surface area (TPSA) is 12.0 Å². The van der Waals surface area contributed by atoms with E-state index < -0.39 is 11.8 Å². The average molecular weight is 239 g/mol. The number of nitrogens with one attached hydrogen (secondary N) is 1. The van der Waals surface area contributed by atoms with Crippen molar-refractivity contribution in [3.63, 3.8) is 0 Å². The zero-order valence-electron chi connectivity index (χ0n) is 10.3. The Hall–Kier alpha value is -0.960. The number of hydrogen-bond acceptors (Lipinski definition) is 1. The van der Waals surface area contributed by atoms with E-state index in [1.165, 1.54) is 6.07 Å². The Kier molecular flexibility index (Phi) is 3.48. The van der Waals surface area contributed by atoms with Gasteiger partial charge in [0.05, 0.1) is 0 Å². The molecule has 0 heterocycles. The fraction of sp³-hybridized carbons (Fsp3) is 0.571. The van der Waals surface area contributed by atoms with E-state index in [-0.39, 0.29) is 5.56 Å². The number of alkyl halides is 2. The van der Waals surface area contributed by atoms with Gasteiger partial charge in [0.25, 0.3) is 5.92 Å². The van der Waals surface area contributed by atoms with Gasteiger partial charge in [-0.3, -0.25) is 0 Å². The maximum absolute atomic E-state index is 13.9. The molecule has 0 bridgehead atoms. The maximum Gasteiger partial charge on any atom is 0.276 e. The van der Waals surface area contributed by atoms with Gasteiger partial charge < -0.3 is 5.32 Å². The molecule has 0 radical (unpaired) electrons. The molecule has 1 nitrogen and oxygen atoms in total. The standard InChI is InChI=1S/C14H19F2N/c1-10(2)17-9-11-4-3-5-13(8-11)14(15,16)12-6-7-12/h3-5,8,10,12,17H,6-7,9H2,1-2H3. The van der Waals surface area contributed by atoms with Gasteiger partial charge in [0.1, 0.15) is 0 Å². The van der Waals surface area contributed by atoms with Crippen LogP contribution in [0.2, 0.25) is 0 Å². The Labute approximate surface area is 101 Å². The fourth-order valence-electron chi connectivity index (χ4n) is 1.89. The minimum atomic E-state index is -2.64. The lowest BCUT2D eigenvalue weighted by atomic mass is 10.0. The highest BCUT2D eigenvalue weighted by Crippen LogP contribution is 2.49. The molecule has 1 N–H and O–H groups in total. The fourth-order valence-corrected chi connectivity index (χ4v) is 1.89. The van der Waals surface area contributed by atoms with Crippen LogP contribution in [0.25, 0.3) is 0 Å². The Bertz CT molecular complexity index is 384. The smallest absolute Gasteiger partial charge is 0.276 e. The molecule has 0 amide bonds. The van der Waals surface area contributed by atoms with Crippen LogP contribution in [0.3, 0.4) is 0 Å². The molecule has 1 aromatic rings. The molecule has 0 spiro atoms. The third-order valence-electron chi connectivity index (χ3n) is 3.12. The van der Waals surface area contributed by atoms with E-state index in [1.54, 1.807) is 12.1 Å². The van der Waals surface area contributed by atoms with Gasteiger partial charge in [-0.05, 0) is 24.5 Å². The highest BCUT2D eigenvalue weighted by molar-refractivity contribution is 5.28. The summed E-state index contributed by atoms with van der Waals surface area (Å²) in [5, 5.41) is 3.24. The average Bonchev–Trinajstić information content (AvgIpc) is 3.11. The van der Waals surface area contributed by atoms with Crippen LogP contribution in [-0.4, -0.2) is 6.04 Å². The molecule has 0 atom stereocenters. The Morgan fingerprint density at radius 1 is 1.35 bits per heavy atom. The predicted octanol–water partition coefficient (Wildman–Crippen LogP) is 3.69. The highest BCUT2D eigenvalue weighted by Gasteiger charge is 2.47. The van der Waals surface area contributed by atoms with Crippen molar-refractivity contribution in [3.8, 4) is 0 Å². The van der Waals surface area contributed by atoms with Crippen LogP contribution in [0.15, 0.2) is 24.3 Å². The van der Waals surface area contributed by atoms with Crippen molar-refractivity contribution in [2.24, 2.45) is 5.92 Å². The van der Waals surface area contributed by atoms with Gasteiger partial charge in [-0.1, -0.05) is 32.0 Å². The van der Waals surface area contributed by atoms with Crippen molar-refractivity contribution in [1.29, 1.82) is 0 Å². The molecule has 1 aromatic carbocycles. The van der Waals surface area contributed by atoms with Crippen molar-refractivity contribution >= 4 is 0 Å². The van der Waals surface area contributed by atoms with Gasteiger partial charge in [-0.15, -0.1) is 0 Å². The minimum Gasteiger partial charge on any atom is -0.310 e. The van der Waals surface area contributed by atoms with E-state index in [1.807, 2.05) is 19.9 Å². The van der Waals surface area contributed by atoms with E-state index in [0.29, 0.717) is 25.4 Å². The first-order valence-electron chi connectivity index (χ1n) is 6.20. The van der Waals surface area contributed by atoms with Crippen LogP contribution in [-0.2, 0) is 12.5 Å². The zero-order valence-corrected chi connectivity index (χ0v) is 10.3. The summed E-state index contributed by atoms with van der Waals surface area (Å²) >= 11 is 0. The summed E-state index contributed by atoms with van der Waals surface area (Å²) in [6, 6.07) is 7.15. The molecule has 0 aromatic heterocycles. The summed E-state index contributed by atoms with van der Waals surface area (Å²) in [5.41, 5.74) is 1.10. The van der Waals surface area contributed by atoms with Gasteiger partial charge >= 0.3 is 0 Å². The highest BCUT2D eigenvalue weighted by atomic mass is 19.3. The number of halogens is 2. The predicted molar refractivity (Wildman–Crippen MR) is 65.0 cm³/mol. The van der Waals surface area contributed by atoms with E-state index in [9.17, 15) is 8.78 Å². The molecule has 17 heavy (non-hydrogen) atoms. The maximum atomic E-state index is 13.9. The lowest BCUT2D eigenvalue weighted by molar-refractivity contribution is -0.0286. The number of benzene rings is 1. The van der Waals surface area contributed by atoms with Gasteiger partial charge in [0.2, 0.25) is 0 Å². The summed E-state index contributed by atoms with van der Waals surface area (Å²) in [4.78, 5) is 0. The van der Waals surface area contributed by atoms with Gasteiger partial charge in [-0.2, -0.15) is 0 Å². The van der Waals surface area contributed by atoms with Crippen molar-refractivity contribution < 1.29 is 8.78 Å². The molecule has 0 unspecified atom stereocenters. The van der Waals surface area contributed by atoms with Crippen molar-refractivity contribution in [2.75, 3.05) is 0 Å². The summed E-state index contributed by atoms with van der Waals surface area (Å²) in [6.07, 6.45) is 1.31. The van der Waals surface area contributed by atoms with Crippen LogP contribution in [0.4, 0.5) is 8.78 Å². The van der Waals surface area contributed by atoms with Crippen molar-refractivity contribution in [1.82, 2.24) is 5.32 Å². The van der Waals surface area contributed by atoms with Crippen LogP contribution in [0.1, 0.15) is 37.8 Å². The molecule has 94 valence electrons. The van der Waals surface area contributed by atoms with Crippen LogP contribution in [0, 0.1) is 5.92 Å². The second-order valence-electron chi connectivity index (χ2n) is 5.13. The molecule has 1 fully saturated rings. The van der Waals surface area contributed by atoms with Gasteiger partial charge in [0.15, 0.2) is 0 Å². The molecule has 1 aliphatic carbocycles. The Morgan fingerprint density at radius 2 is 2.06 bits per heavy atom. The molecule has 3 heteroatoms. The third kappa shape index (κ3) is 3.03. The molecular weight excluding hydrogens is 220 g/mol. The van der Waals surface area contributed by atoms with E-state index >= 15 is 0 Å². The van der Waals surface area contributed by atoms with E-state index in [0.717, 1.165) is 5.56 Å². The molecular formula is C14H19F2N. The molecule has 0 saturated heterocycles. The second kappa shape index (κ2) is 4.73. The largest absolute Gasteiger partial charge is 0.310 e. The molecule has 2 rings (SSSR count). The number of rotatable bonds is 5. The number of hydrogen-bond donors (Lipinski definition) is 1. The Balaban J connectivity index is 2.10. The summed E-state index contributed by atoms with van der Waals surface area (Å²) < 4.78 is 27.8. The quantitative estimate of drug-likeness (QED) is 0.826. The SMILES string of the molecule is CC(C)NCc1cccc(C(F)(F)C2CC2)c1. The van der Waals surface area contributed by atoms with Crippen LogP contribution >= 0.6 is 0 Å². The zero-order chi connectivity index (χ0) is 12.5. The van der Waals surface area contributed by atoms with Crippen molar-refractivity contribution in [3.05, 3.63) is 35.4 Å². The van der Waals surface area contributed by atoms with Crippen LogP contribution < -0.4 is 5.32 Å². The Morgan fingerprint density at radius 3 is 2.65 bits per heavy atom. The first-order valence-corrected chi connectivity index (χ1v) is 6.20. The second-order valence-corrected chi connectivity index (χ2v) is 5.13. The van der Waals surface area contributed by atoms with Gasteiger partial charge in [0, 0.05) is 24.1 Å². The van der Waals surface area contributed by atoms with E-state index in [4.69, 9.17) is 0 Å². The normalized spacial score (nSPS) is 16.5. The van der Waals surface area contributed by atoms with Crippen molar-refractivity contribution in [2.45, 2.75) is 45.2 Å². The molecule has 0 aliphatic heterocycles. The summed E-state index contributed by atoms with van der Waals surface area (Å²) in [7, 11) is 0. The third-order valence-corrected chi connectivity index (χ3v) is 3.12. The van der Waals surface area contributed by atoms with Gasteiger partial charge in [-0.25, -0.2) is 8.78 Å². The summed E-state index contributed by atoms with van der Waals surface area (Å²) in [6.45, 7) is 4.73. The molecule has 1 saturated carbocycles.